The fourth-order valence-corrected chi connectivity index (χ4v) is 5.34. The number of nitrogens with zero attached hydrogens (tertiary/aromatic N) is 1. The predicted molar refractivity (Wildman–Crippen MR) is 125 cm³/mol. The number of hydrogen-bond acceptors (Lipinski definition) is 6. The molecule has 171 valence electrons. The van der Waals surface area contributed by atoms with Crippen molar-refractivity contribution in [3.8, 4) is 0 Å². The van der Waals surface area contributed by atoms with Gasteiger partial charge in [0, 0.05) is 55.2 Å². The van der Waals surface area contributed by atoms with E-state index < -0.39 is 0 Å². The van der Waals surface area contributed by atoms with Crippen LogP contribution in [0.5, 0.6) is 0 Å². The summed E-state index contributed by atoms with van der Waals surface area (Å²) in [5.74, 6) is 0. The number of fused-ring (bicyclic) bond motifs is 4. The molecule has 3 aliphatic rings. The fourth-order valence-electron chi connectivity index (χ4n) is 5.04. The standard InChI is InChI=1S/C21H35N5S.2ClH.Mn/c27-17-11-15-13-24-20-7-3-1-5-18(20)22-9-10-23-19-6-2-4-8-21(19)25-14-16(12-17)26-15;;;/h11-12,18-25H,1-10,13-14H2,(H,26,27);2*1H;/q;;;+2/p-2/t18-,19-,20-,21-;;;/m1.../s1. The van der Waals surface area contributed by atoms with Gasteiger partial charge < -0.3 is 21.3 Å². The molecule has 2 saturated carbocycles. The van der Waals surface area contributed by atoms with Crippen LogP contribution in [0.1, 0.15) is 62.8 Å². The Balaban J connectivity index is 0.000000806. The van der Waals surface area contributed by atoms with E-state index in [1.54, 1.807) is 0 Å². The molecule has 0 amide bonds. The zero-order chi connectivity index (χ0) is 21.2. The first-order valence-corrected chi connectivity index (χ1v) is 14.9. The van der Waals surface area contributed by atoms with Crippen molar-refractivity contribution in [2.45, 2.75) is 93.5 Å². The number of rotatable bonds is 0. The van der Waals surface area contributed by atoms with Crippen molar-refractivity contribution in [2.75, 3.05) is 13.1 Å². The Labute approximate surface area is 201 Å². The summed E-state index contributed by atoms with van der Waals surface area (Å²) in [6.45, 7) is 3.76. The summed E-state index contributed by atoms with van der Waals surface area (Å²) >= 11 is 4.63. The molecule has 0 saturated heterocycles. The van der Waals surface area contributed by atoms with Crippen LogP contribution in [0.4, 0.5) is 0 Å². The van der Waals surface area contributed by atoms with E-state index in [9.17, 15) is 0 Å². The summed E-state index contributed by atoms with van der Waals surface area (Å²) in [5, 5.41) is 15.2. The van der Waals surface area contributed by atoms with Crippen molar-refractivity contribution >= 4 is 32.8 Å². The second-order valence-corrected chi connectivity index (χ2v) is 11.0. The molecule has 1 aliphatic heterocycles. The van der Waals surface area contributed by atoms with Crippen LogP contribution in [-0.4, -0.2) is 42.2 Å². The first-order chi connectivity index (χ1) is 14.7. The van der Waals surface area contributed by atoms with Gasteiger partial charge >= 0.3 is 33.3 Å². The van der Waals surface area contributed by atoms with Gasteiger partial charge in [-0.1, -0.05) is 25.7 Å². The van der Waals surface area contributed by atoms with Crippen LogP contribution in [0, 0.1) is 0 Å². The molecule has 5 nitrogen and oxygen atoms in total. The maximum absolute atomic E-state index is 4.91. The number of nitrogens with one attached hydrogen (secondary N) is 4. The zero-order valence-corrected chi connectivity index (χ0v) is 21.1. The Morgan fingerprint density at radius 2 is 1.10 bits per heavy atom. The van der Waals surface area contributed by atoms with Gasteiger partial charge in [0.05, 0.1) is 11.4 Å². The normalized spacial score (nSPS) is 30.5. The molecule has 0 aromatic carbocycles. The first-order valence-electron chi connectivity index (χ1n) is 11.2. The van der Waals surface area contributed by atoms with E-state index in [1.165, 1.54) is 51.4 Å². The number of thiol groups is 1. The summed E-state index contributed by atoms with van der Waals surface area (Å²) in [6.07, 6.45) is 10.4. The van der Waals surface area contributed by atoms with Gasteiger partial charge in [-0.15, -0.1) is 12.6 Å². The van der Waals surface area contributed by atoms with Crippen molar-refractivity contribution in [1.29, 1.82) is 0 Å². The Morgan fingerprint density at radius 1 is 0.733 bits per heavy atom. The SMILES string of the molecule is Sc1cc2nc(c1)CN[C@@H]1CCCC[C@H]1NCCN[C@@H]1CCCC[C@H]1NC2.[Cl][Mn][Cl]. The van der Waals surface area contributed by atoms with E-state index in [-0.39, 0.29) is 13.1 Å². The van der Waals surface area contributed by atoms with E-state index in [2.05, 4.69) is 46.0 Å². The molecule has 9 heteroatoms. The summed E-state index contributed by atoms with van der Waals surface area (Å²) in [5.41, 5.74) is 2.22. The number of aromatic nitrogens is 1. The third-order valence-electron chi connectivity index (χ3n) is 6.48. The van der Waals surface area contributed by atoms with Gasteiger partial charge in [-0.2, -0.15) is 0 Å². The van der Waals surface area contributed by atoms with E-state index in [0.717, 1.165) is 42.5 Å². The van der Waals surface area contributed by atoms with Gasteiger partial charge in [-0.3, -0.25) is 4.98 Å². The molecule has 1 aromatic heterocycles. The van der Waals surface area contributed by atoms with Crippen molar-refractivity contribution in [2.24, 2.45) is 0 Å². The molecule has 4 N–H and O–H groups in total. The van der Waals surface area contributed by atoms with E-state index in [0.29, 0.717) is 24.2 Å². The fraction of sp³-hybridized carbons (Fsp3) is 0.762. The zero-order valence-electron chi connectivity index (χ0n) is 17.5. The van der Waals surface area contributed by atoms with Gasteiger partial charge in [0.25, 0.3) is 0 Å². The van der Waals surface area contributed by atoms with Gasteiger partial charge in [-0.05, 0) is 37.8 Å². The van der Waals surface area contributed by atoms with Crippen molar-refractivity contribution < 1.29 is 13.1 Å². The summed E-state index contributed by atoms with van der Waals surface area (Å²) < 4.78 is 0. The van der Waals surface area contributed by atoms with Crippen LogP contribution >= 0.6 is 32.8 Å². The topological polar surface area (TPSA) is 61.0 Å². The number of hydrogen-bond donors (Lipinski definition) is 5. The third kappa shape index (κ3) is 8.09. The Bertz CT molecular complexity index is 593. The van der Waals surface area contributed by atoms with Crippen molar-refractivity contribution in [3.63, 3.8) is 0 Å². The minimum absolute atomic E-state index is 0.00694. The molecule has 2 bridgehead atoms. The molecule has 2 heterocycles. The quantitative estimate of drug-likeness (QED) is 0.269. The summed E-state index contributed by atoms with van der Waals surface area (Å²) in [7, 11) is 9.59. The summed E-state index contributed by atoms with van der Waals surface area (Å²) in [6, 6.07) is 6.44. The van der Waals surface area contributed by atoms with Crippen LogP contribution in [0.2, 0.25) is 0 Å². The Kier molecular flexibility index (Phi) is 11.6. The summed E-state index contributed by atoms with van der Waals surface area (Å²) in [4.78, 5) is 5.92. The predicted octanol–water partition coefficient (Wildman–Crippen LogP) is 3.74. The molecular formula is C21H35Cl2MnN5S. The molecule has 30 heavy (non-hydrogen) atoms. The first kappa shape index (κ1) is 25.1. The second-order valence-electron chi connectivity index (χ2n) is 8.53. The van der Waals surface area contributed by atoms with E-state index >= 15 is 0 Å². The third-order valence-corrected chi connectivity index (χ3v) is 6.74. The minimum atomic E-state index is 0.00694. The van der Waals surface area contributed by atoms with Crippen molar-refractivity contribution in [1.82, 2.24) is 26.3 Å². The van der Waals surface area contributed by atoms with Gasteiger partial charge in [0.1, 0.15) is 0 Å². The van der Waals surface area contributed by atoms with E-state index in [1.807, 2.05) is 0 Å². The van der Waals surface area contributed by atoms with Crippen LogP contribution in [0.15, 0.2) is 17.0 Å². The van der Waals surface area contributed by atoms with E-state index in [4.69, 9.17) is 25.2 Å². The number of halogens is 2. The average Bonchev–Trinajstić information content (AvgIpc) is 2.75. The molecule has 0 spiro atoms. The number of pyridine rings is 1. The average molecular weight is 515 g/mol. The van der Waals surface area contributed by atoms with Gasteiger partial charge in [0.15, 0.2) is 0 Å². The molecule has 1 aromatic rings. The molecule has 2 aliphatic carbocycles. The monoisotopic (exact) mass is 514 g/mol. The van der Waals surface area contributed by atoms with Crippen LogP contribution in [0.25, 0.3) is 0 Å². The van der Waals surface area contributed by atoms with Gasteiger partial charge in [0.2, 0.25) is 0 Å². The molecule has 4 atom stereocenters. The second kappa shape index (κ2) is 13.9. The molecule has 0 radical (unpaired) electrons. The molecule has 0 unspecified atom stereocenters. The van der Waals surface area contributed by atoms with Gasteiger partial charge in [-0.25, -0.2) is 0 Å². The van der Waals surface area contributed by atoms with Crippen LogP contribution in [-0.2, 0) is 26.2 Å². The van der Waals surface area contributed by atoms with Crippen LogP contribution in [0.3, 0.4) is 0 Å². The molecular weight excluding hydrogens is 480 g/mol. The van der Waals surface area contributed by atoms with Crippen molar-refractivity contribution in [3.05, 3.63) is 23.5 Å². The Hall–Kier alpha value is 0.439. The Morgan fingerprint density at radius 3 is 1.50 bits per heavy atom. The molecule has 2 fully saturated rings. The van der Waals surface area contributed by atoms with Crippen LogP contribution < -0.4 is 21.3 Å². The molecule has 4 rings (SSSR count). The maximum atomic E-state index is 4.91.